The predicted molar refractivity (Wildman–Crippen MR) is 97.6 cm³/mol. The van der Waals surface area contributed by atoms with E-state index < -0.39 is 0 Å². The van der Waals surface area contributed by atoms with E-state index in [2.05, 4.69) is 17.2 Å². The van der Waals surface area contributed by atoms with Gasteiger partial charge in [0, 0.05) is 10.9 Å². The molecule has 1 aliphatic rings. The lowest BCUT2D eigenvalue weighted by Gasteiger charge is -2.17. The molecule has 24 heavy (non-hydrogen) atoms. The van der Waals surface area contributed by atoms with Gasteiger partial charge in [0.25, 0.3) is 5.56 Å². The second-order valence-corrected chi connectivity index (χ2v) is 7.87. The fourth-order valence-electron chi connectivity index (χ4n) is 3.40. The number of nitrogens with zero attached hydrogens (tertiary/aromatic N) is 2. The molecule has 1 atom stereocenters. The van der Waals surface area contributed by atoms with E-state index in [-0.39, 0.29) is 24.1 Å². The van der Waals surface area contributed by atoms with Crippen molar-refractivity contribution in [2.24, 2.45) is 5.92 Å². The number of rotatable bonds is 5. The number of hydrogen-bond acceptors (Lipinski definition) is 4. The summed E-state index contributed by atoms with van der Waals surface area (Å²) in [6, 6.07) is 0.167. The highest BCUT2D eigenvalue weighted by atomic mass is 32.1. The highest BCUT2D eigenvalue weighted by molar-refractivity contribution is 7.18. The van der Waals surface area contributed by atoms with Crippen LogP contribution in [0, 0.1) is 5.92 Å². The molecule has 2 aromatic heterocycles. The van der Waals surface area contributed by atoms with Crippen molar-refractivity contribution in [1.82, 2.24) is 14.9 Å². The molecule has 1 aliphatic carbocycles. The molecule has 0 aromatic carbocycles. The van der Waals surface area contributed by atoms with Gasteiger partial charge in [0.2, 0.25) is 5.91 Å². The molecule has 1 N–H and O–H groups in total. The van der Waals surface area contributed by atoms with Gasteiger partial charge < -0.3 is 5.32 Å². The Hall–Kier alpha value is -1.69. The number of carbonyl (C=O) groups excluding carboxylic acids is 1. The van der Waals surface area contributed by atoms with E-state index >= 15 is 0 Å². The third-order valence-corrected chi connectivity index (χ3v) is 6.11. The monoisotopic (exact) mass is 347 g/mol. The van der Waals surface area contributed by atoms with Gasteiger partial charge in [-0.3, -0.25) is 14.2 Å². The number of carbonyl (C=O) groups is 1. The second kappa shape index (κ2) is 7.05. The zero-order chi connectivity index (χ0) is 17.3. The summed E-state index contributed by atoms with van der Waals surface area (Å²) in [6.07, 6.45) is 6.39. The minimum atomic E-state index is -0.121. The van der Waals surface area contributed by atoms with Crippen molar-refractivity contribution in [3.8, 4) is 0 Å². The number of aryl methyl sites for hydroxylation is 1. The summed E-state index contributed by atoms with van der Waals surface area (Å²) in [7, 11) is 0. The summed E-state index contributed by atoms with van der Waals surface area (Å²) in [4.78, 5) is 31.6. The van der Waals surface area contributed by atoms with Crippen molar-refractivity contribution in [2.45, 2.75) is 65.5 Å². The molecule has 5 nitrogen and oxygen atoms in total. The summed E-state index contributed by atoms with van der Waals surface area (Å²) in [5.41, 5.74) is 1.09. The summed E-state index contributed by atoms with van der Waals surface area (Å²) < 4.78 is 1.45. The van der Waals surface area contributed by atoms with Gasteiger partial charge in [-0.1, -0.05) is 20.8 Å². The molecule has 6 heteroatoms. The molecule has 0 fully saturated rings. The fraction of sp³-hybridized carbons (Fsp3) is 0.611. The topological polar surface area (TPSA) is 64.0 Å². The predicted octanol–water partition coefficient (Wildman–Crippen LogP) is 2.89. The summed E-state index contributed by atoms with van der Waals surface area (Å²) in [5.74, 6) is 0.545. The van der Waals surface area contributed by atoms with Crippen LogP contribution in [0.4, 0.5) is 0 Å². The molecule has 130 valence electrons. The van der Waals surface area contributed by atoms with Crippen molar-refractivity contribution in [3.05, 3.63) is 27.1 Å². The van der Waals surface area contributed by atoms with Crippen molar-refractivity contribution in [1.29, 1.82) is 0 Å². The largest absolute Gasteiger partial charge is 0.352 e. The molecule has 0 saturated carbocycles. The average Bonchev–Trinajstić information content (AvgIpc) is 2.93. The fourth-order valence-corrected chi connectivity index (χ4v) is 4.74. The number of hydrogen-bond donors (Lipinski definition) is 1. The molecule has 0 aliphatic heterocycles. The van der Waals surface area contributed by atoms with Crippen LogP contribution in [0.25, 0.3) is 10.2 Å². The first kappa shape index (κ1) is 17.1. The molecule has 2 aromatic rings. The van der Waals surface area contributed by atoms with Crippen LogP contribution in [0.5, 0.6) is 0 Å². The maximum absolute atomic E-state index is 12.9. The Balaban J connectivity index is 1.89. The van der Waals surface area contributed by atoms with Gasteiger partial charge in [-0.25, -0.2) is 4.98 Å². The Morgan fingerprint density at radius 3 is 2.92 bits per heavy atom. The third kappa shape index (κ3) is 3.24. The van der Waals surface area contributed by atoms with Gasteiger partial charge in [0.15, 0.2) is 0 Å². The summed E-state index contributed by atoms with van der Waals surface area (Å²) in [6.45, 7) is 6.39. The van der Waals surface area contributed by atoms with Gasteiger partial charge in [0.1, 0.15) is 11.4 Å². The Morgan fingerprint density at radius 1 is 1.46 bits per heavy atom. The lowest BCUT2D eigenvalue weighted by Crippen LogP contribution is -2.38. The van der Waals surface area contributed by atoms with Crippen molar-refractivity contribution in [2.75, 3.05) is 0 Å². The standard InChI is InChI=1S/C18H25N3O2S/c1-4-12(5-2)20-15(22)9-21-10-19-17-16(18(21)23)13-7-6-11(3)8-14(13)24-17/h10-12H,4-9H2,1-3H3,(H,20,22). The van der Waals surface area contributed by atoms with Crippen molar-refractivity contribution in [3.63, 3.8) is 0 Å². The Kier molecular flexibility index (Phi) is 5.04. The Labute approximate surface area is 146 Å². The lowest BCUT2D eigenvalue weighted by atomic mass is 9.89. The van der Waals surface area contributed by atoms with Crippen LogP contribution in [0.1, 0.15) is 50.5 Å². The SMILES string of the molecule is CCC(CC)NC(=O)Cn1cnc2sc3c(c2c1=O)CCC(C)C3. The van der Waals surface area contributed by atoms with E-state index in [0.29, 0.717) is 5.92 Å². The van der Waals surface area contributed by atoms with Crippen LogP contribution in [0.15, 0.2) is 11.1 Å². The Morgan fingerprint density at radius 2 is 2.21 bits per heavy atom. The van der Waals surface area contributed by atoms with Gasteiger partial charge in [-0.05, 0) is 43.6 Å². The zero-order valence-electron chi connectivity index (χ0n) is 14.6. The average molecular weight is 347 g/mol. The lowest BCUT2D eigenvalue weighted by molar-refractivity contribution is -0.122. The third-order valence-electron chi connectivity index (χ3n) is 4.95. The molecule has 0 radical (unpaired) electrons. The normalized spacial score (nSPS) is 17.2. The molecule has 2 heterocycles. The maximum atomic E-state index is 12.9. The second-order valence-electron chi connectivity index (χ2n) is 6.79. The van der Waals surface area contributed by atoms with Crippen LogP contribution >= 0.6 is 11.3 Å². The molecular weight excluding hydrogens is 322 g/mol. The molecular formula is C18H25N3O2S. The van der Waals surface area contributed by atoms with Crippen molar-refractivity contribution < 1.29 is 4.79 Å². The Bertz CT molecular complexity index is 804. The number of nitrogens with one attached hydrogen (secondary N) is 1. The van der Waals surface area contributed by atoms with Gasteiger partial charge in [0.05, 0.1) is 11.7 Å². The first-order chi connectivity index (χ1) is 11.5. The number of thiophene rings is 1. The molecule has 3 rings (SSSR count). The van der Waals surface area contributed by atoms with Crippen LogP contribution in [-0.2, 0) is 24.2 Å². The van der Waals surface area contributed by atoms with Crippen LogP contribution in [0.2, 0.25) is 0 Å². The molecule has 1 unspecified atom stereocenters. The number of fused-ring (bicyclic) bond motifs is 3. The molecule has 0 saturated heterocycles. The van der Waals surface area contributed by atoms with Crippen LogP contribution in [0.3, 0.4) is 0 Å². The first-order valence-corrected chi connectivity index (χ1v) is 9.64. The van der Waals surface area contributed by atoms with Crippen molar-refractivity contribution >= 4 is 27.5 Å². The quantitative estimate of drug-likeness (QED) is 0.904. The van der Waals surface area contributed by atoms with Crippen LogP contribution in [-0.4, -0.2) is 21.5 Å². The smallest absolute Gasteiger partial charge is 0.262 e. The highest BCUT2D eigenvalue weighted by Gasteiger charge is 2.23. The van der Waals surface area contributed by atoms with E-state index in [1.807, 2.05) is 13.8 Å². The highest BCUT2D eigenvalue weighted by Crippen LogP contribution is 2.35. The number of aromatic nitrogens is 2. The van der Waals surface area contributed by atoms with Crippen LogP contribution < -0.4 is 10.9 Å². The van der Waals surface area contributed by atoms with Gasteiger partial charge in [-0.15, -0.1) is 11.3 Å². The van der Waals surface area contributed by atoms with E-state index in [4.69, 9.17) is 0 Å². The zero-order valence-corrected chi connectivity index (χ0v) is 15.4. The van der Waals surface area contributed by atoms with E-state index in [0.717, 1.165) is 42.3 Å². The molecule has 0 spiro atoms. The van der Waals surface area contributed by atoms with Gasteiger partial charge in [-0.2, -0.15) is 0 Å². The van der Waals surface area contributed by atoms with E-state index in [1.54, 1.807) is 11.3 Å². The maximum Gasteiger partial charge on any atom is 0.262 e. The molecule has 0 bridgehead atoms. The molecule has 1 amide bonds. The summed E-state index contributed by atoms with van der Waals surface area (Å²) >= 11 is 1.64. The van der Waals surface area contributed by atoms with E-state index in [9.17, 15) is 9.59 Å². The summed E-state index contributed by atoms with van der Waals surface area (Å²) in [5, 5.41) is 3.71. The number of amides is 1. The van der Waals surface area contributed by atoms with Gasteiger partial charge >= 0.3 is 0 Å². The first-order valence-electron chi connectivity index (χ1n) is 8.82. The minimum absolute atomic E-state index is 0.0410. The minimum Gasteiger partial charge on any atom is -0.352 e. The van der Waals surface area contributed by atoms with E-state index in [1.165, 1.54) is 21.3 Å².